The predicted molar refractivity (Wildman–Crippen MR) is 124 cm³/mol. The average molecular weight is 474 g/mol. The van der Waals surface area contributed by atoms with Crippen molar-refractivity contribution < 1.29 is 13.6 Å². The molecule has 2 aliphatic rings. The van der Waals surface area contributed by atoms with Gasteiger partial charge in [-0.3, -0.25) is 9.48 Å². The Kier molecular flexibility index (Phi) is 7.25. The maximum Gasteiger partial charge on any atom is 0.269 e. The Bertz CT molecular complexity index is 1110. The van der Waals surface area contributed by atoms with Crippen molar-refractivity contribution in [2.45, 2.75) is 83.3 Å². The number of carbonyl (C=O) groups excluding carboxylic acids is 1. The average Bonchev–Trinajstić information content (AvgIpc) is 3.38. The van der Waals surface area contributed by atoms with E-state index in [2.05, 4.69) is 20.5 Å². The third-order valence-corrected chi connectivity index (χ3v) is 6.31. The summed E-state index contributed by atoms with van der Waals surface area (Å²) in [5.74, 6) is -1.92. The molecule has 10 heteroatoms. The molecule has 2 aliphatic carbocycles. The number of nitrogens with zero attached hydrogens (tertiary/aromatic N) is 5. The second-order valence-electron chi connectivity index (χ2n) is 9.54. The van der Waals surface area contributed by atoms with Gasteiger partial charge < -0.3 is 11.1 Å². The highest BCUT2D eigenvalue weighted by Gasteiger charge is 2.30. The molecule has 3 heterocycles. The van der Waals surface area contributed by atoms with Crippen molar-refractivity contribution in [1.82, 2.24) is 29.7 Å². The number of amides is 1. The smallest absolute Gasteiger partial charge is 0.269 e. The maximum absolute atomic E-state index is 12.4. The van der Waals surface area contributed by atoms with Crippen molar-refractivity contribution in [3.05, 3.63) is 47.7 Å². The first-order valence-corrected chi connectivity index (χ1v) is 12.0. The predicted octanol–water partition coefficient (Wildman–Crippen LogP) is 4.43. The van der Waals surface area contributed by atoms with E-state index in [0.29, 0.717) is 31.0 Å². The Hall–Kier alpha value is -2.88. The van der Waals surface area contributed by atoms with E-state index < -0.39 is 5.92 Å². The number of rotatable bonds is 6. The summed E-state index contributed by atoms with van der Waals surface area (Å²) in [6.45, 7) is 4.30. The zero-order valence-electron chi connectivity index (χ0n) is 19.8. The summed E-state index contributed by atoms with van der Waals surface area (Å²) < 4.78 is 27.8. The molecule has 0 saturated heterocycles. The van der Waals surface area contributed by atoms with Gasteiger partial charge in [0.25, 0.3) is 5.91 Å². The second kappa shape index (κ2) is 10.2. The summed E-state index contributed by atoms with van der Waals surface area (Å²) >= 11 is 0. The van der Waals surface area contributed by atoms with Gasteiger partial charge in [0.05, 0.1) is 24.6 Å². The van der Waals surface area contributed by atoms with Crippen molar-refractivity contribution in [3.8, 4) is 0 Å². The molecule has 0 bridgehead atoms. The topological polar surface area (TPSA) is 103 Å². The van der Waals surface area contributed by atoms with Crippen LogP contribution in [0.4, 0.5) is 8.78 Å². The number of imidazole rings is 1. The van der Waals surface area contributed by atoms with Gasteiger partial charge in [-0.05, 0) is 63.1 Å². The van der Waals surface area contributed by atoms with Crippen LogP contribution in [0.3, 0.4) is 0 Å². The van der Waals surface area contributed by atoms with E-state index in [1.165, 1.54) is 12.8 Å². The van der Waals surface area contributed by atoms with Crippen molar-refractivity contribution in [1.29, 1.82) is 0 Å². The van der Waals surface area contributed by atoms with Crippen LogP contribution in [0.1, 0.15) is 92.6 Å². The summed E-state index contributed by atoms with van der Waals surface area (Å²) in [5.41, 5.74) is 9.30. The molecule has 1 amide bonds. The fraction of sp³-hybridized carbons (Fsp3) is 0.583. The summed E-state index contributed by atoms with van der Waals surface area (Å²) in [5, 5.41) is 11.5. The summed E-state index contributed by atoms with van der Waals surface area (Å²) in [6.07, 6.45) is 10.3. The molecule has 2 saturated carbocycles. The molecule has 3 N–H and O–H groups in total. The standard InChI is InChI=1S/C18H23N7O.C6H10F2/c1-11(2)25-15(5-6-21-25)18(26)20-9-14-10-24-16(23-14)7-13(8-22-24)17(19)12-3-4-12;7-6(8)4-2-1-3-5-6/h5-8,10-12,17H,3-4,9,19H2,1-2H3,(H,20,26);1-5H2. The molecule has 184 valence electrons. The van der Waals surface area contributed by atoms with Crippen LogP contribution in [0.2, 0.25) is 0 Å². The van der Waals surface area contributed by atoms with Crippen molar-refractivity contribution in [3.63, 3.8) is 0 Å². The molecule has 8 nitrogen and oxygen atoms in total. The van der Waals surface area contributed by atoms with E-state index in [1.54, 1.807) is 27.7 Å². The molecule has 0 aromatic carbocycles. The zero-order valence-corrected chi connectivity index (χ0v) is 19.8. The van der Waals surface area contributed by atoms with Crippen LogP contribution in [-0.2, 0) is 6.54 Å². The van der Waals surface area contributed by atoms with Gasteiger partial charge in [0.2, 0.25) is 5.92 Å². The quantitative estimate of drug-likeness (QED) is 0.551. The van der Waals surface area contributed by atoms with E-state index in [1.807, 2.05) is 26.1 Å². The van der Waals surface area contributed by atoms with Crippen molar-refractivity contribution >= 4 is 11.6 Å². The number of aromatic nitrogens is 5. The molecular formula is C24H33F2N7O. The largest absolute Gasteiger partial charge is 0.345 e. The fourth-order valence-electron chi connectivity index (χ4n) is 4.17. The number of carbonyl (C=O) groups is 1. The monoisotopic (exact) mass is 473 g/mol. The molecular weight excluding hydrogens is 440 g/mol. The first kappa shape index (κ1) is 24.3. The number of hydrogen-bond donors (Lipinski definition) is 2. The highest BCUT2D eigenvalue weighted by Crippen LogP contribution is 2.39. The number of hydrogen-bond acceptors (Lipinski definition) is 5. The SMILES string of the molecule is CC(C)n1nccc1C(=O)NCc1cn2ncc(C(N)C3CC3)cc2n1.FC1(F)CCCCC1. The molecule has 0 radical (unpaired) electrons. The normalized spacial score (nSPS) is 18.4. The van der Waals surface area contributed by atoms with Crippen molar-refractivity contribution in [2.24, 2.45) is 11.7 Å². The van der Waals surface area contributed by atoms with Crippen LogP contribution in [-0.4, -0.2) is 36.2 Å². The van der Waals surface area contributed by atoms with Crippen LogP contribution < -0.4 is 11.1 Å². The van der Waals surface area contributed by atoms with E-state index in [0.717, 1.165) is 23.3 Å². The highest BCUT2D eigenvalue weighted by atomic mass is 19.3. The number of fused-ring (bicyclic) bond motifs is 1. The zero-order chi connectivity index (χ0) is 24.3. The number of nitrogens with two attached hydrogens (primary N) is 1. The van der Waals surface area contributed by atoms with Gasteiger partial charge >= 0.3 is 0 Å². The Morgan fingerprint density at radius 1 is 1.24 bits per heavy atom. The van der Waals surface area contributed by atoms with Crippen LogP contribution in [0, 0.1) is 5.92 Å². The number of nitrogens with one attached hydrogen (secondary N) is 1. The second-order valence-corrected chi connectivity index (χ2v) is 9.54. The lowest BCUT2D eigenvalue weighted by molar-refractivity contribution is -0.0337. The highest BCUT2D eigenvalue weighted by molar-refractivity contribution is 5.92. The Balaban J connectivity index is 0.000000291. The van der Waals surface area contributed by atoms with Gasteiger partial charge in [-0.2, -0.15) is 10.2 Å². The van der Waals surface area contributed by atoms with Crippen LogP contribution in [0.25, 0.3) is 5.65 Å². The Morgan fingerprint density at radius 2 is 1.97 bits per heavy atom. The lowest BCUT2D eigenvalue weighted by Gasteiger charge is -2.20. The van der Waals surface area contributed by atoms with Gasteiger partial charge in [-0.25, -0.2) is 18.3 Å². The fourth-order valence-corrected chi connectivity index (χ4v) is 4.17. The van der Waals surface area contributed by atoms with Gasteiger partial charge in [-0.15, -0.1) is 0 Å². The van der Waals surface area contributed by atoms with Gasteiger partial charge in [0.15, 0.2) is 5.65 Å². The van der Waals surface area contributed by atoms with E-state index in [-0.39, 0.29) is 30.8 Å². The molecule has 34 heavy (non-hydrogen) atoms. The minimum absolute atomic E-state index is 0.0312. The first-order valence-electron chi connectivity index (χ1n) is 12.0. The van der Waals surface area contributed by atoms with Crippen molar-refractivity contribution in [2.75, 3.05) is 0 Å². The molecule has 2 fully saturated rings. The van der Waals surface area contributed by atoms with Crippen LogP contribution in [0.5, 0.6) is 0 Å². The first-order chi connectivity index (χ1) is 16.2. The third-order valence-electron chi connectivity index (χ3n) is 6.31. The van der Waals surface area contributed by atoms with Gasteiger partial charge in [0, 0.05) is 31.1 Å². The molecule has 3 aromatic rings. The van der Waals surface area contributed by atoms with E-state index in [9.17, 15) is 13.6 Å². The number of alkyl halides is 2. The molecule has 1 atom stereocenters. The molecule has 5 rings (SSSR count). The molecule has 1 unspecified atom stereocenters. The minimum atomic E-state index is -2.32. The summed E-state index contributed by atoms with van der Waals surface area (Å²) in [7, 11) is 0. The molecule has 0 aliphatic heterocycles. The Morgan fingerprint density at radius 3 is 2.59 bits per heavy atom. The minimum Gasteiger partial charge on any atom is -0.345 e. The lowest BCUT2D eigenvalue weighted by atomic mass is 9.97. The number of halogens is 2. The summed E-state index contributed by atoms with van der Waals surface area (Å²) in [6, 6.07) is 3.85. The molecule has 3 aromatic heterocycles. The maximum atomic E-state index is 12.4. The van der Waals surface area contributed by atoms with Gasteiger partial charge in [-0.1, -0.05) is 6.42 Å². The lowest BCUT2D eigenvalue weighted by Crippen LogP contribution is -2.26. The van der Waals surface area contributed by atoms with E-state index in [4.69, 9.17) is 5.73 Å². The van der Waals surface area contributed by atoms with Crippen LogP contribution >= 0.6 is 0 Å². The van der Waals surface area contributed by atoms with E-state index >= 15 is 0 Å². The van der Waals surface area contributed by atoms with Crippen LogP contribution in [0.15, 0.2) is 30.7 Å². The summed E-state index contributed by atoms with van der Waals surface area (Å²) in [4.78, 5) is 17.0. The third kappa shape index (κ3) is 5.97. The molecule has 0 spiro atoms. The Labute approximate surface area is 197 Å². The van der Waals surface area contributed by atoms with Gasteiger partial charge in [0.1, 0.15) is 5.69 Å².